The molecule has 186 valence electrons. The maximum absolute atomic E-state index is 13.2. The smallest absolute Gasteiger partial charge is 0.277 e. The van der Waals surface area contributed by atoms with Crippen molar-refractivity contribution in [3.63, 3.8) is 0 Å². The second-order valence-electron chi connectivity index (χ2n) is 7.94. The van der Waals surface area contributed by atoms with Crippen LogP contribution >= 0.6 is 0 Å². The van der Waals surface area contributed by atoms with Crippen molar-refractivity contribution in [2.45, 2.75) is 58.3 Å². The number of aryl methyl sites for hydroxylation is 1. The fourth-order valence-electron chi connectivity index (χ4n) is 4.08. The summed E-state index contributed by atoms with van der Waals surface area (Å²) in [5.41, 5.74) is 0.945. The van der Waals surface area contributed by atoms with E-state index in [0.717, 1.165) is 12.8 Å². The first-order chi connectivity index (χ1) is 16.2. The molecule has 0 radical (unpaired) electrons. The Kier molecular flexibility index (Phi) is 8.11. The van der Waals surface area contributed by atoms with Crippen molar-refractivity contribution in [2.24, 2.45) is 0 Å². The zero-order valence-electron chi connectivity index (χ0n) is 20.3. The lowest BCUT2D eigenvalue weighted by molar-refractivity contribution is 0.257. The summed E-state index contributed by atoms with van der Waals surface area (Å²) in [6, 6.07) is 4.46. The summed E-state index contributed by atoms with van der Waals surface area (Å²) >= 11 is 0. The summed E-state index contributed by atoms with van der Waals surface area (Å²) in [6.07, 6.45) is 1.68. The van der Waals surface area contributed by atoms with Gasteiger partial charge in [0, 0.05) is 19.0 Å². The van der Waals surface area contributed by atoms with Crippen LogP contribution in [0.25, 0.3) is 16.9 Å². The Morgan fingerprint density at radius 2 is 1.91 bits per heavy atom. The molecule has 0 bridgehead atoms. The number of aromatic nitrogens is 4. The lowest BCUT2D eigenvalue weighted by Crippen LogP contribution is -2.33. The second-order valence-corrected chi connectivity index (χ2v) is 9.88. The number of ether oxygens (including phenoxy) is 1. The van der Waals surface area contributed by atoms with E-state index < -0.39 is 10.0 Å². The molecule has 0 spiro atoms. The second kappa shape index (κ2) is 10.7. The molecule has 0 amide bonds. The fourth-order valence-corrected chi connectivity index (χ4v) is 5.54. The number of sulfonamides is 1. The molecule has 2 aromatic heterocycles. The zero-order chi connectivity index (χ0) is 25.0. The minimum atomic E-state index is -3.87. The number of hydrogen-bond donors (Lipinski definition) is 2. The van der Waals surface area contributed by atoms with Crippen LogP contribution < -0.4 is 10.3 Å². The molecule has 0 saturated carbocycles. The number of fused-ring (bicyclic) bond motifs is 1. The third kappa shape index (κ3) is 4.73. The summed E-state index contributed by atoms with van der Waals surface area (Å²) in [6.45, 7) is 9.67. The topological polar surface area (TPSA) is 130 Å². The predicted molar refractivity (Wildman–Crippen MR) is 130 cm³/mol. The molecule has 0 aliphatic rings. The van der Waals surface area contributed by atoms with Gasteiger partial charge in [-0.15, -0.1) is 5.10 Å². The first-order valence-corrected chi connectivity index (χ1v) is 13.0. The Morgan fingerprint density at radius 1 is 1.21 bits per heavy atom. The van der Waals surface area contributed by atoms with Gasteiger partial charge in [0.2, 0.25) is 10.0 Å². The predicted octanol–water partition coefficient (Wildman–Crippen LogP) is 2.70. The van der Waals surface area contributed by atoms with E-state index in [1.54, 1.807) is 24.4 Å². The molecule has 2 N–H and O–H groups in total. The first kappa shape index (κ1) is 25.9. The van der Waals surface area contributed by atoms with Crippen LogP contribution in [0.4, 0.5) is 0 Å². The maximum atomic E-state index is 13.2. The molecule has 0 aliphatic carbocycles. The molecule has 2 heterocycles. The van der Waals surface area contributed by atoms with Crippen molar-refractivity contribution in [2.75, 3.05) is 26.3 Å². The Labute approximate surface area is 199 Å². The van der Waals surface area contributed by atoms with E-state index in [1.165, 1.54) is 16.4 Å². The molecule has 10 nitrogen and oxygen atoms in total. The summed E-state index contributed by atoms with van der Waals surface area (Å²) in [7, 11) is -3.87. The van der Waals surface area contributed by atoms with Crippen LogP contribution in [0.1, 0.15) is 58.0 Å². The minimum Gasteiger partial charge on any atom is -0.493 e. The van der Waals surface area contributed by atoms with Gasteiger partial charge in [0.25, 0.3) is 5.56 Å². The summed E-state index contributed by atoms with van der Waals surface area (Å²) in [5, 5.41) is 14.0. The highest BCUT2D eigenvalue weighted by Gasteiger charge is 2.26. The van der Waals surface area contributed by atoms with Gasteiger partial charge in [-0.3, -0.25) is 4.79 Å². The zero-order valence-corrected chi connectivity index (χ0v) is 21.1. The Hall–Kier alpha value is -2.76. The van der Waals surface area contributed by atoms with Gasteiger partial charge in [-0.25, -0.2) is 17.9 Å². The average Bonchev–Trinajstić information content (AvgIpc) is 3.15. The molecular weight excluding hydrogens is 458 g/mol. The van der Waals surface area contributed by atoms with Crippen LogP contribution in [0, 0.1) is 6.92 Å². The van der Waals surface area contributed by atoms with Crippen molar-refractivity contribution in [1.29, 1.82) is 0 Å². The molecule has 34 heavy (non-hydrogen) atoms. The van der Waals surface area contributed by atoms with Crippen molar-refractivity contribution >= 4 is 15.5 Å². The standard InChI is InChI=1S/C23H33N5O5S/c1-6-16(7-2)22-24-15(5)20-23(30)25-21(26-28(20)22)18-14-17(10-11-19(18)33-9-4)34(31,32)27(8-3)12-13-29/h10-11,14,16,29H,6-9,12-13H2,1-5H3,(H,25,26,30). The summed E-state index contributed by atoms with van der Waals surface area (Å²) in [5.74, 6) is 1.41. The molecule has 3 rings (SSSR count). The molecule has 0 aliphatic heterocycles. The van der Waals surface area contributed by atoms with Gasteiger partial charge in [-0.2, -0.15) is 4.31 Å². The van der Waals surface area contributed by atoms with Gasteiger partial charge in [0.1, 0.15) is 11.6 Å². The summed E-state index contributed by atoms with van der Waals surface area (Å²) < 4.78 is 34.9. The molecule has 11 heteroatoms. The number of nitrogens with zero attached hydrogens (tertiary/aromatic N) is 4. The molecular formula is C23H33N5O5S. The van der Waals surface area contributed by atoms with E-state index in [9.17, 15) is 18.3 Å². The Bertz CT molecular complexity index is 1310. The highest BCUT2D eigenvalue weighted by Crippen LogP contribution is 2.32. The first-order valence-electron chi connectivity index (χ1n) is 11.6. The molecule has 0 saturated heterocycles. The van der Waals surface area contributed by atoms with Gasteiger partial charge in [-0.05, 0) is 44.9 Å². The van der Waals surface area contributed by atoms with E-state index in [-0.39, 0.29) is 41.9 Å². The van der Waals surface area contributed by atoms with E-state index in [4.69, 9.17) is 4.74 Å². The van der Waals surface area contributed by atoms with E-state index >= 15 is 0 Å². The number of H-pyrrole nitrogens is 1. The SMILES string of the molecule is CCOc1ccc(S(=O)(=O)N(CC)CCO)cc1-c1nn2c(C(CC)CC)nc(C)c2c(=O)[nH]1. The van der Waals surface area contributed by atoms with E-state index in [2.05, 4.69) is 28.9 Å². The lowest BCUT2D eigenvalue weighted by atomic mass is 10.0. The van der Waals surface area contributed by atoms with Crippen LogP contribution in [-0.4, -0.2) is 63.7 Å². The Morgan fingerprint density at radius 3 is 2.50 bits per heavy atom. The van der Waals surface area contributed by atoms with Crippen LogP contribution in [0.3, 0.4) is 0 Å². The number of rotatable bonds is 11. The molecule has 0 fully saturated rings. The maximum Gasteiger partial charge on any atom is 0.277 e. The average molecular weight is 492 g/mol. The normalized spacial score (nSPS) is 12.2. The van der Waals surface area contributed by atoms with Gasteiger partial charge in [0.15, 0.2) is 11.3 Å². The van der Waals surface area contributed by atoms with Gasteiger partial charge >= 0.3 is 0 Å². The number of imidazole rings is 1. The van der Waals surface area contributed by atoms with Crippen LogP contribution in [0.2, 0.25) is 0 Å². The van der Waals surface area contributed by atoms with Crippen molar-refractivity contribution < 1.29 is 18.3 Å². The van der Waals surface area contributed by atoms with Gasteiger partial charge < -0.3 is 14.8 Å². The molecule has 1 aromatic carbocycles. The van der Waals surface area contributed by atoms with Crippen LogP contribution in [0.15, 0.2) is 27.9 Å². The molecule has 0 unspecified atom stereocenters. The van der Waals surface area contributed by atoms with Crippen molar-refractivity contribution in [3.05, 3.63) is 40.1 Å². The van der Waals surface area contributed by atoms with Crippen molar-refractivity contribution in [1.82, 2.24) is 23.9 Å². The van der Waals surface area contributed by atoms with Gasteiger partial charge in [-0.1, -0.05) is 20.8 Å². The number of likely N-dealkylation sites (N-methyl/N-ethyl adjacent to an activating group) is 1. The third-order valence-electron chi connectivity index (χ3n) is 5.90. The number of hydrogen-bond acceptors (Lipinski definition) is 7. The quantitative estimate of drug-likeness (QED) is 0.422. The largest absolute Gasteiger partial charge is 0.493 e. The van der Waals surface area contributed by atoms with Crippen LogP contribution in [0.5, 0.6) is 5.75 Å². The number of aromatic amines is 1. The Balaban J connectivity index is 2.27. The number of aliphatic hydroxyl groups is 1. The van der Waals surface area contributed by atoms with Gasteiger partial charge in [0.05, 0.1) is 29.4 Å². The third-order valence-corrected chi connectivity index (χ3v) is 7.87. The molecule has 0 atom stereocenters. The molecule has 3 aromatic rings. The minimum absolute atomic E-state index is 0.0183. The number of aliphatic hydroxyl groups excluding tert-OH is 1. The lowest BCUT2D eigenvalue weighted by Gasteiger charge is -2.20. The van der Waals surface area contributed by atoms with E-state index in [0.29, 0.717) is 35.0 Å². The highest BCUT2D eigenvalue weighted by molar-refractivity contribution is 7.89. The summed E-state index contributed by atoms with van der Waals surface area (Å²) in [4.78, 5) is 20.5. The number of benzene rings is 1. The number of nitrogens with one attached hydrogen (secondary N) is 1. The van der Waals surface area contributed by atoms with Crippen molar-refractivity contribution in [3.8, 4) is 17.1 Å². The highest BCUT2D eigenvalue weighted by atomic mass is 32.2. The fraction of sp³-hybridized carbons (Fsp3) is 0.522. The van der Waals surface area contributed by atoms with E-state index in [1.807, 2.05) is 6.92 Å². The van der Waals surface area contributed by atoms with Crippen LogP contribution in [-0.2, 0) is 10.0 Å². The monoisotopic (exact) mass is 491 g/mol.